The largest absolute Gasteiger partial charge is 0.352 e. The summed E-state index contributed by atoms with van der Waals surface area (Å²) in [5.74, 6) is 1.10. The zero-order valence-corrected chi connectivity index (χ0v) is 14.3. The first kappa shape index (κ1) is 16.3. The lowest BCUT2D eigenvalue weighted by molar-refractivity contribution is 0.157. The number of aromatic nitrogens is 1. The van der Waals surface area contributed by atoms with Crippen molar-refractivity contribution >= 4 is 5.82 Å². The molecule has 1 aromatic heterocycles. The molecule has 1 aliphatic rings. The highest BCUT2D eigenvalue weighted by molar-refractivity contribution is 5.41. The van der Waals surface area contributed by atoms with Crippen molar-refractivity contribution in [2.75, 3.05) is 18.0 Å². The Hall–Kier alpha value is -1.09. The number of hydrogen-bond donors (Lipinski definition) is 0. The minimum Gasteiger partial charge on any atom is -0.352 e. The maximum atomic E-state index is 4.76. The molecule has 118 valence electrons. The van der Waals surface area contributed by atoms with E-state index >= 15 is 0 Å². The summed E-state index contributed by atoms with van der Waals surface area (Å²) in [5.41, 5.74) is 1.38. The van der Waals surface area contributed by atoms with Crippen LogP contribution in [0, 0.1) is 0 Å². The smallest absolute Gasteiger partial charge is 0.128 e. The van der Waals surface area contributed by atoms with Crippen LogP contribution in [0.25, 0.3) is 0 Å². The highest BCUT2D eigenvalue weighted by Crippen LogP contribution is 2.31. The number of pyridine rings is 1. The predicted molar refractivity (Wildman–Crippen MR) is 90.8 cm³/mol. The third-order valence-electron chi connectivity index (χ3n) is 4.55. The third kappa shape index (κ3) is 3.76. The van der Waals surface area contributed by atoms with Crippen molar-refractivity contribution in [1.82, 2.24) is 9.88 Å². The highest BCUT2D eigenvalue weighted by atomic mass is 15.2. The van der Waals surface area contributed by atoms with Gasteiger partial charge in [-0.15, -0.1) is 0 Å². The molecule has 3 nitrogen and oxygen atoms in total. The fourth-order valence-electron chi connectivity index (χ4n) is 3.62. The van der Waals surface area contributed by atoms with Crippen molar-refractivity contribution < 1.29 is 0 Å². The van der Waals surface area contributed by atoms with Crippen LogP contribution in [0.2, 0.25) is 0 Å². The van der Waals surface area contributed by atoms with E-state index in [2.05, 4.69) is 62.7 Å². The van der Waals surface area contributed by atoms with Gasteiger partial charge in [0.05, 0.1) is 0 Å². The average molecular weight is 289 g/mol. The Kier molecular flexibility index (Phi) is 5.63. The van der Waals surface area contributed by atoms with Gasteiger partial charge in [0.1, 0.15) is 5.82 Å². The van der Waals surface area contributed by atoms with E-state index in [9.17, 15) is 0 Å². The van der Waals surface area contributed by atoms with Gasteiger partial charge in [0.2, 0.25) is 0 Å². The summed E-state index contributed by atoms with van der Waals surface area (Å²) in [4.78, 5) is 9.73. The molecule has 2 heterocycles. The van der Waals surface area contributed by atoms with Crippen LogP contribution in [0.15, 0.2) is 18.3 Å². The van der Waals surface area contributed by atoms with E-state index in [-0.39, 0.29) is 0 Å². The zero-order chi connectivity index (χ0) is 15.4. The number of likely N-dealkylation sites (tertiary alicyclic amines) is 1. The molecule has 0 spiro atoms. The molecule has 0 amide bonds. The van der Waals surface area contributed by atoms with Crippen LogP contribution in [0.5, 0.6) is 0 Å². The third-order valence-corrected chi connectivity index (χ3v) is 4.55. The van der Waals surface area contributed by atoms with Crippen LogP contribution in [0.4, 0.5) is 5.82 Å². The molecule has 2 rings (SSSR count). The lowest BCUT2D eigenvalue weighted by atomic mass is 9.96. The zero-order valence-electron chi connectivity index (χ0n) is 14.3. The van der Waals surface area contributed by atoms with E-state index in [1.165, 1.54) is 31.4 Å². The fraction of sp³-hybridized carbons (Fsp3) is 0.722. The fourth-order valence-corrected chi connectivity index (χ4v) is 3.62. The molecule has 3 heteroatoms. The second-order valence-electron chi connectivity index (χ2n) is 6.68. The van der Waals surface area contributed by atoms with Gasteiger partial charge in [-0.2, -0.15) is 0 Å². The minimum absolute atomic E-state index is 0.477. The van der Waals surface area contributed by atoms with Crippen LogP contribution in [0.1, 0.15) is 65.5 Å². The van der Waals surface area contributed by atoms with Crippen molar-refractivity contribution in [2.45, 2.75) is 72.0 Å². The molecule has 0 saturated carbocycles. The van der Waals surface area contributed by atoms with Gasteiger partial charge >= 0.3 is 0 Å². The summed E-state index contributed by atoms with van der Waals surface area (Å²) in [7, 11) is 0. The molecule has 1 saturated heterocycles. The van der Waals surface area contributed by atoms with Crippen molar-refractivity contribution in [3.63, 3.8) is 0 Å². The maximum Gasteiger partial charge on any atom is 0.128 e. The molecule has 0 bridgehead atoms. The summed E-state index contributed by atoms with van der Waals surface area (Å²) < 4.78 is 0. The maximum absolute atomic E-state index is 4.76. The number of nitrogens with zero attached hydrogens (tertiary/aromatic N) is 3. The summed E-state index contributed by atoms with van der Waals surface area (Å²) >= 11 is 0. The summed E-state index contributed by atoms with van der Waals surface area (Å²) in [6.07, 6.45) is 6.05. The Morgan fingerprint density at radius 2 is 1.90 bits per heavy atom. The molecule has 1 aromatic rings. The van der Waals surface area contributed by atoms with Crippen LogP contribution >= 0.6 is 0 Å². The van der Waals surface area contributed by atoms with E-state index in [4.69, 9.17) is 4.98 Å². The number of hydrogen-bond acceptors (Lipinski definition) is 3. The van der Waals surface area contributed by atoms with Crippen LogP contribution in [-0.4, -0.2) is 35.1 Å². The Labute approximate surface area is 130 Å². The van der Waals surface area contributed by atoms with E-state index in [1.807, 2.05) is 0 Å². The number of anilines is 1. The lowest BCUT2D eigenvalue weighted by Crippen LogP contribution is -2.37. The standard InChI is InChI=1S/C18H31N3/c1-6-20-12-8-7-9-17(20)16-10-11-18(19-13-16)21(14(2)3)15(4)5/h10-11,13-15,17H,6-9,12H2,1-5H3. The quantitative estimate of drug-likeness (QED) is 0.807. The molecule has 0 radical (unpaired) electrons. The monoisotopic (exact) mass is 289 g/mol. The molecule has 0 N–H and O–H groups in total. The Morgan fingerprint density at radius 3 is 2.43 bits per heavy atom. The first-order valence-corrected chi connectivity index (χ1v) is 8.53. The second-order valence-corrected chi connectivity index (χ2v) is 6.68. The van der Waals surface area contributed by atoms with Crippen molar-refractivity contribution in [3.8, 4) is 0 Å². The number of rotatable bonds is 5. The molecule has 0 aromatic carbocycles. The van der Waals surface area contributed by atoms with E-state index in [1.54, 1.807) is 0 Å². The van der Waals surface area contributed by atoms with Gasteiger partial charge in [0.25, 0.3) is 0 Å². The molecule has 1 unspecified atom stereocenters. The van der Waals surface area contributed by atoms with E-state index < -0.39 is 0 Å². The van der Waals surface area contributed by atoms with Crippen molar-refractivity contribution in [1.29, 1.82) is 0 Å². The topological polar surface area (TPSA) is 19.4 Å². The van der Waals surface area contributed by atoms with Gasteiger partial charge in [-0.25, -0.2) is 4.98 Å². The second kappa shape index (κ2) is 7.26. The van der Waals surface area contributed by atoms with Crippen LogP contribution in [0.3, 0.4) is 0 Å². The summed E-state index contributed by atoms with van der Waals surface area (Å²) in [5, 5.41) is 0. The normalized spacial score (nSPS) is 20.2. The minimum atomic E-state index is 0.477. The first-order chi connectivity index (χ1) is 10.0. The molecular weight excluding hydrogens is 258 g/mol. The van der Waals surface area contributed by atoms with Gasteiger partial charge < -0.3 is 4.90 Å². The molecular formula is C18H31N3. The van der Waals surface area contributed by atoms with Crippen LogP contribution in [-0.2, 0) is 0 Å². The average Bonchev–Trinajstić information content (AvgIpc) is 2.47. The lowest BCUT2D eigenvalue weighted by Gasteiger charge is -2.36. The number of piperidine rings is 1. The summed E-state index contributed by atoms with van der Waals surface area (Å²) in [6.45, 7) is 13.6. The van der Waals surface area contributed by atoms with Crippen LogP contribution < -0.4 is 4.90 Å². The molecule has 21 heavy (non-hydrogen) atoms. The van der Waals surface area contributed by atoms with Gasteiger partial charge in [-0.1, -0.05) is 19.4 Å². The van der Waals surface area contributed by atoms with Gasteiger partial charge in [0, 0.05) is 24.3 Å². The molecule has 1 aliphatic heterocycles. The van der Waals surface area contributed by atoms with Gasteiger partial charge in [-0.05, 0) is 65.3 Å². The van der Waals surface area contributed by atoms with E-state index in [0.29, 0.717) is 18.1 Å². The van der Waals surface area contributed by atoms with E-state index in [0.717, 1.165) is 12.4 Å². The van der Waals surface area contributed by atoms with Crippen molar-refractivity contribution in [3.05, 3.63) is 23.9 Å². The first-order valence-electron chi connectivity index (χ1n) is 8.53. The summed E-state index contributed by atoms with van der Waals surface area (Å²) in [6, 6.07) is 6.02. The van der Waals surface area contributed by atoms with Gasteiger partial charge in [0.15, 0.2) is 0 Å². The Bertz CT molecular complexity index is 417. The SMILES string of the molecule is CCN1CCCCC1c1ccc(N(C(C)C)C(C)C)nc1. The molecule has 1 fully saturated rings. The molecule has 1 atom stereocenters. The Balaban J connectivity index is 2.17. The van der Waals surface area contributed by atoms with Crippen molar-refractivity contribution in [2.24, 2.45) is 0 Å². The Morgan fingerprint density at radius 1 is 1.19 bits per heavy atom. The van der Waals surface area contributed by atoms with Gasteiger partial charge in [-0.3, -0.25) is 4.90 Å². The predicted octanol–water partition coefficient (Wildman–Crippen LogP) is 4.25. The highest BCUT2D eigenvalue weighted by Gasteiger charge is 2.23. The molecule has 0 aliphatic carbocycles.